The molecule has 1 fully saturated rings. The van der Waals surface area contributed by atoms with Crippen LogP contribution in [0.25, 0.3) is 0 Å². The molecule has 1 aromatic rings. The summed E-state index contributed by atoms with van der Waals surface area (Å²) in [6.45, 7) is 3.62. The van der Waals surface area contributed by atoms with Gasteiger partial charge in [-0.1, -0.05) is 0 Å². The largest absolute Gasteiger partial charge is 0.310 e. The fourth-order valence-corrected chi connectivity index (χ4v) is 1.32. The van der Waals surface area contributed by atoms with Gasteiger partial charge in [-0.05, 0) is 6.92 Å². The van der Waals surface area contributed by atoms with Gasteiger partial charge in [0.1, 0.15) is 0 Å². The Balaban J connectivity index is 2.22. The van der Waals surface area contributed by atoms with Crippen LogP contribution in [-0.4, -0.2) is 22.9 Å². The zero-order chi connectivity index (χ0) is 8.60. The Labute approximate surface area is 70.6 Å². The summed E-state index contributed by atoms with van der Waals surface area (Å²) in [6.07, 6.45) is 3.39. The summed E-state index contributed by atoms with van der Waals surface area (Å²) in [5, 5.41) is 6.95. The molecule has 4 heteroatoms. The highest BCUT2D eigenvalue weighted by molar-refractivity contribution is 5.20. The molecule has 66 valence electrons. The van der Waals surface area contributed by atoms with Gasteiger partial charge in [-0.25, -0.2) is 4.39 Å². The molecule has 1 aliphatic rings. The molecule has 0 amide bonds. The molecule has 1 aromatic heterocycles. The Morgan fingerprint density at radius 2 is 2.50 bits per heavy atom. The van der Waals surface area contributed by atoms with Crippen molar-refractivity contribution in [3.8, 4) is 0 Å². The lowest BCUT2D eigenvalue weighted by Gasteiger charge is -2.33. The summed E-state index contributed by atoms with van der Waals surface area (Å²) < 4.78 is 15.4. The number of nitrogens with zero attached hydrogens (tertiary/aromatic N) is 2. The number of nitrogens with one attached hydrogen (secondary N) is 1. The Morgan fingerprint density at radius 3 is 2.92 bits per heavy atom. The van der Waals surface area contributed by atoms with Crippen molar-refractivity contribution in [1.82, 2.24) is 15.1 Å². The van der Waals surface area contributed by atoms with Crippen LogP contribution < -0.4 is 5.32 Å². The molecule has 1 N–H and O–H groups in total. The van der Waals surface area contributed by atoms with Crippen molar-refractivity contribution in [2.45, 2.75) is 19.1 Å². The van der Waals surface area contributed by atoms with Crippen LogP contribution >= 0.6 is 0 Å². The molecule has 0 aliphatic carbocycles. The summed E-state index contributed by atoms with van der Waals surface area (Å²) in [6, 6.07) is 0. The molecule has 1 aliphatic heterocycles. The second-order valence-corrected chi connectivity index (χ2v) is 3.15. The minimum Gasteiger partial charge on any atom is -0.310 e. The van der Waals surface area contributed by atoms with E-state index in [0.717, 1.165) is 6.54 Å². The van der Waals surface area contributed by atoms with Gasteiger partial charge in [0, 0.05) is 31.4 Å². The molecule has 2 heterocycles. The van der Waals surface area contributed by atoms with Gasteiger partial charge >= 0.3 is 0 Å². The van der Waals surface area contributed by atoms with Gasteiger partial charge in [0.15, 0.2) is 5.67 Å². The highest BCUT2D eigenvalue weighted by Gasteiger charge is 2.39. The van der Waals surface area contributed by atoms with E-state index in [1.807, 2.05) is 6.92 Å². The highest BCUT2D eigenvalue weighted by atomic mass is 19.1. The number of hydrogen-bond donors (Lipinski definition) is 1. The molecule has 0 bridgehead atoms. The maximum atomic E-state index is 13.7. The number of aryl methyl sites for hydroxylation is 1. The zero-order valence-electron chi connectivity index (χ0n) is 7.05. The van der Waals surface area contributed by atoms with Crippen LogP contribution in [-0.2, 0) is 12.2 Å². The molecular weight excluding hydrogens is 157 g/mol. The second-order valence-electron chi connectivity index (χ2n) is 3.15. The van der Waals surface area contributed by atoms with Crippen molar-refractivity contribution < 1.29 is 4.39 Å². The first kappa shape index (κ1) is 7.73. The van der Waals surface area contributed by atoms with E-state index in [2.05, 4.69) is 10.4 Å². The van der Waals surface area contributed by atoms with E-state index in [1.165, 1.54) is 0 Å². The topological polar surface area (TPSA) is 29.9 Å². The molecule has 0 unspecified atom stereocenters. The quantitative estimate of drug-likeness (QED) is 0.705. The lowest BCUT2D eigenvalue weighted by Crippen LogP contribution is -2.53. The average molecular weight is 169 g/mol. The summed E-state index contributed by atoms with van der Waals surface area (Å²) in [4.78, 5) is 0. The maximum absolute atomic E-state index is 13.7. The Hall–Kier alpha value is -0.900. The third kappa shape index (κ3) is 1.03. The summed E-state index contributed by atoms with van der Waals surface area (Å²) in [5.41, 5.74) is -0.462. The van der Waals surface area contributed by atoms with E-state index < -0.39 is 5.67 Å². The van der Waals surface area contributed by atoms with Crippen molar-refractivity contribution >= 4 is 0 Å². The molecule has 0 saturated carbocycles. The van der Waals surface area contributed by atoms with E-state index in [1.54, 1.807) is 17.1 Å². The normalized spacial score (nSPS) is 20.5. The predicted octanol–water partition coefficient (Wildman–Crippen LogP) is 0.671. The van der Waals surface area contributed by atoms with Crippen molar-refractivity contribution in [3.05, 3.63) is 18.0 Å². The van der Waals surface area contributed by atoms with Crippen LogP contribution in [0, 0.1) is 0 Å². The van der Waals surface area contributed by atoms with Crippen LogP contribution in [0.1, 0.15) is 12.5 Å². The number of alkyl halides is 1. The lowest BCUT2D eigenvalue weighted by atomic mass is 9.93. The van der Waals surface area contributed by atoms with Crippen LogP contribution in [0.15, 0.2) is 12.4 Å². The minimum atomic E-state index is -1.16. The Bertz CT molecular complexity index is 278. The van der Waals surface area contributed by atoms with E-state index >= 15 is 0 Å². The van der Waals surface area contributed by atoms with Crippen LogP contribution in [0.2, 0.25) is 0 Å². The van der Waals surface area contributed by atoms with E-state index in [0.29, 0.717) is 18.7 Å². The summed E-state index contributed by atoms with van der Waals surface area (Å²) in [5.74, 6) is 0. The smallest absolute Gasteiger partial charge is 0.163 e. The molecular formula is C8H12FN3. The van der Waals surface area contributed by atoms with Gasteiger partial charge in [0.25, 0.3) is 0 Å². The molecule has 12 heavy (non-hydrogen) atoms. The molecule has 0 aromatic carbocycles. The molecule has 0 atom stereocenters. The van der Waals surface area contributed by atoms with Crippen LogP contribution in [0.3, 0.4) is 0 Å². The summed E-state index contributed by atoms with van der Waals surface area (Å²) >= 11 is 0. The van der Waals surface area contributed by atoms with Crippen LogP contribution in [0.4, 0.5) is 4.39 Å². The van der Waals surface area contributed by atoms with Gasteiger partial charge in [-0.2, -0.15) is 5.10 Å². The third-order valence-electron chi connectivity index (χ3n) is 2.29. The minimum absolute atomic E-state index is 0.419. The second kappa shape index (κ2) is 2.55. The number of aromatic nitrogens is 2. The van der Waals surface area contributed by atoms with Crippen LogP contribution in [0.5, 0.6) is 0 Å². The fourth-order valence-electron chi connectivity index (χ4n) is 1.32. The zero-order valence-corrected chi connectivity index (χ0v) is 7.05. The predicted molar refractivity (Wildman–Crippen MR) is 43.6 cm³/mol. The molecule has 3 nitrogen and oxygen atoms in total. The molecule has 2 rings (SSSR count). The first-order chi connectivity index (χ1) is 5.74. The fraction of sp³-hybridized carbons (Fsp3) is 0.625. The molecule has 0 radical (unpaired) electrons. The van der Waals surface area contributed by atoms with Crippen molar-refractivity contribution in [2.24, 2.45) is 0 Å². The van der Waals surface area contributed by atoms with Gasteiger partial charge in [-0.15, -0.1) is 0 Å². The number of halogens is 1. The first-order valence-electron chi connectivity index (χ1n) is 4.17. The lowest BCUT2D eigenvalue weighted by molar-refractivity contribution is 0.0890. The van der Waals surface area contributed by atoms with Gasteiger partial charge in [-0.3, -0.25) is 4.68 Å². The standard InChI is InChI=1S/C8H12FN3/c1-2-12-4-7(3-11-12)8(9)5-10-6-8/h3-4,10H,2,5-6H2,1H3. The SMILES string of the molecule is CCn1cc(C2(F)CNC2)cn1. The van der Waals surface area contributed by atoms with Gasteiger partial charge in [0.2, 0.25) is 0 Å². The van der Waals surface area contributed by atoms with E-state index in [4.69, 9.17) is 0 Å². The van der Waals surface area contributed by atoms with Gasteiger partial charge in [0.05, 0.1) is 6.20 Å². The van der Waals surface area contributed by atoms with E-state index in [-0.39, 0.29) is 0 Å². The van der Waals surface area contributed by atoms with Gasteiger partial charge < -0.3 is 5.32 Å². The first-order valence-corrected chi connectivity index (χ1v) is 4.17. The monoisotopic (exact) mass is 169 g/mol. The van der Waals surface area contributed by atoms with E-state index in [9.17, 15) is 4.39 Å². The summed E-state index contributed by atoms with van der Waals surface area (Å²) in [7, 11) is 0. The molecule has 1 saturated heterocycles. The van der Waals surface area contributed by atoms with Crippen molar-refractivity contribution in [1.29, 1.82) is 0 Å². The number of rotatable bonds is 2. The highest BCUT2D eigenvalue weighted by Crippen LogP contribution is 2.29. The molecule has 0 spiro atoms. The maximum Gasteiger partial charge on any atom is 0.163 e. The van der Waals surface area contributed by atoms with Crippen molar-refractivity contribution in [3.63, 3.8) is 0 Å². The Morgan fingerprint density at radius 1 is 1.75 bits per heavy atom. The third-order valence-corrected chi connectivity index (χ3v) is 2.29. The average Bonchev–Trinajstić information content (AvgIpc) is 2.48. The van der Waals surface area contributed by atoms with Crippen molar-refractivity contribution in [2.75, 3.05) is 13.1 Å². The Kier molecular flexibility index (Phi) is 1.65. The number of hydrogen-bond acceptors (Lipinski definition) is 2.